The Balaban J connectivity index is 1.15. The third kappa shape index (κ3) is 3.68. The van der Waals surface area contributed by atoms with Gasteiger partial charge in [-0.3, -0.25) is 0 Å². The van der Waals surface area contributed by atoms with Gasteiger partial charge < -0.3 is 8.98 Å². The second-order valence-corrected chi connectivity index (χ2v) is 12.8. The molecule has 0 amide bonds. The van der Waals surface area contributed by atoms with Crippen molar-refractivity contribution in [1.82, 2.24) is 4.57 Å². The van der Waals surface area contributed by atoms with Crippen molar-refractivity contribution >= 4 is 75.3 Å². The lowest BCUT2D eigenvalue weighted by atomic mass is 9.97. The number of rotatable bonds is 3. The molecule has 0 spiro atoms. The normalized spacial score (nSPS) is 12.0. The molecule has 0 aliphatic heterocycles. The predicted octanol–water partition coefficient (Wildman–Crippen LogP) is 12.4. The summed E-state index contributed by atoms with van der Waals surface area (Å²) in [5.41, 5.74) is 10.2. The first-order valence-electron chi connectivity index (χ1n) is 15.3. The zero-order valence-corrected chi connectivity index (χ0v) is 25.0. The van der Waals surface area contributed by atoms with Gasteiger partial charge in [-0.15, -0.1) is 11.3 Å². The number of benzene rings is 7. The molecule has 10 aromatic rings. The highest BCUT2D eigenvalue weighted by Crippen LogP contribution is 2.41. The highest BCUT2D eigenvalue weighted by molar-refractivity contribution is 7.25. The van der Waals surface area contributed by atoms with Gasteiger partial charge in [0.25, 0.3) is 0 Å². The molecular weight excluding hydrogens is 567 g/mol. The maximum atomic E-state index is 6.27. The van der Waals surface area contributed by atoms with Crippen LogP contribution >= 0.6 is 11.3 Å². The molecule has 0 radical (unpaired) electrons. The lowest BCUT2D eigenvalue weighted by molar-refractivity contribution is 0.669. The molecule has 0 aliphatic rings. The van der Waals surface area contributed by atoms with Crippen LogP contribution in [0.15, 0.2) is 156 Å². The van der Waals surface area contributed by atoms with Gasteiger partial charge in [-0.1, -0.05) is 91.0 Å². The Hall–Kier alpha value is -5.64. The van der Waals surface area contributed by atoms with Crippen LogP contribution in [-0.2, 0) is 0 Å². The quantitative estimate of drug-likeness (QED) is 0.200. The molecule has 0 saturated heterocycles. The van der Waals surface area contributed by atoms with Crippen molar-refractivity contribution in [2.24, 2.45) is 0 Å². The molecule has 45 heavy (non-hydrogen) atoms. The van der Waals surface area contributed by atoms with Crippen LogP contribution in [0.4, 0.5) is 0 Å². The molecular formula is C42H25NOS. The van der Waals surface area contributed by atoms with Gasteiger partial charge in [-0.2, -0.15) is 0 Å². The van der Waals surface area contributed by atoms with Crippen LogP contribution < -0.4 is 0 Å². The maximum Gasteiger partial charge on any atom is 0.137 e. The standard InChI is InChI=1S/C42H25NOS/c1-4-14-35-30(11-1)33-24-28(19-21-36(33)43(35)37-15-8-17-39-42(37)32-13-2-5-16-38(32)44-39)26-9-7-10-27(23-26)29-20-22-41-34(25-29)31-12-3-6-18-40(31)45-41/h1-25H. The highest BCUT2D eigenvalue weighted by atomic mass is 32.1. The van der Waals surface area contributed by atoms with E-state index < -0.39 is 0 Å². The van der Waals surface area contributed by atoms with Crippen LogP contribution in [0.1, 0.15) is 0 Å². The minimum atomic E-state index is 0.904. The summed E-state index contributed by atoms with van der Waals surface area (Å²) >= 11 is 1.86. The second-order valence-electron chi connectivity index (χ2n) is 11.7. The molecule has 0 aliphatic carbocycles. The van der Waals surface area contributed by atoms with Gasteiger partial charge in [-0.25, -0.2) is 0 Å². The van der Waals surface area contributed by atoms with E-state index in [0.717, 1.165) is 27.6 Å². The van der Waals surface area contributed by atoms with Gasteiger partial charge in [-0.05, 0) is 82.9 Å². The van der Waals surface area contributed by atoms with Crippen LogP contribution in [-0.4, -0.2) is 4.57 Å². The summed E-state index contributed by atoms with van der Waals surface area (Å²) < 4.78 is 11.3. The third-order valence-corrected chi connectivity index (χ3v) is 10.4. The average Bonchev–Trinajstić information content (AvgIpc) is 3.77. The minimum absolute atomic E-state index is 0.904. The van der Waals surface area contributed by atoms with Gasteiger partial charge in [0.05, 0.1) is 22.1 Å². The number of hydrogen-bond acceptors (Lipinski definition) is 2. The van der Waals surface area contributed by atoms with Gasteiger partial charge in [0.1, 0.15) is 11.2 Å². The average molecular weight is 592 g/mol. The molecule has 3 aromatic heterocycles. The Morgan fingerprint density at radius 3 is 1.91 bits per heavy atom. The van der Waals surface area contributed by atoms with E-state index in [1.54, 1.807) is 0 Å². The number of fused-ring (bicyclic) bond motifs is 9. The fraction of sp³-hybridized carbons (Fsp3) is 0. The Morgan fingerprint density at radius 2 is 1.02 bits per heavy atom. The van der Waals surface area contributed by atoms with Crippen molar-refractivity contribution in [3.05, 3.63) is 152 Å². The van der Waals surface area contributed by atoms with Crippen molar-refractivity contribution < 1.29 is 4.42 Å². The van der Waals surface area contributed by atoms with Crippen molar-refractivity contribution in [3.63, 3.8) is 0 Å². The van der Waals surface area contributed by atoms with E-state index in [9.17, 15) is 0 Å². The zero-order chi connectivity index (χ0) is 29.5. The summed E-state index contributed by atoms with van der Waals surface area (Å²) in [5, 5.41) is 7.41. The molecule has 0 saturated carbocycles. The third-order valence-electron chi connectivity index (χ3n) is 9.20. The molecule has 2 nitrogen and oxygen atoms in total. The van der Waals surface area contributed by atoms with E-state index in [2.05, 4.69) is 144 Å². The summed E-state index contributed by atoms with van der Waals surface area (Å²) in [6, 6.07) is 54.8. The Labute approximate surface area is 263 Å². The van der Waals surface area contributed by atoms with Gasteiger partial charge in [0.15, 0.2) is 0 Å². The van der Waals surface area contributed by atoms with Crippen molar-refractivity contribution in [3.8, 4) is 27.9 Å². The van der Waals surface area contributed by atoms with E-state index in [1.807, 2.05) is 23.5 Å². The summed E-state index contributed by atoms with van der Waals surface area (Å²) in [4.78, 5) is 0. The Bertz CT molecular complexity index is 2770. The highest BCUT2D eigenvalue weighted by Gasteiger charge is 2.18. The van der Waals surface area contributed by atoms with Gasteiger partial charge in [0, 0.05) is 36.3 Å². The molecule has 0 bridgehead atoms. The number of hydrogen-bond donors (Lipinski definition) is 0. The van der Waals surface area contributed by atoms with Crippen LogP contribution in [0, 0.1) is 0 Å². The first-order chi connectivity index (χ1) is 22.3. The monoisotopic (exact) mass is 591 g/mol. The van der Waals surface area contributed by atoms with E-state index in [-0.39, 0.29) is 0 Å². The molecule has 3 heteroatoms. The molecule has 210 valence electrons. The Kier molecular flexibility index (Phi) is 5.19. The van der Waals surface area contributed by atoms with E-state index in [1.165, 1.54) is 64.2 Å². The van der Waals surface area contributed by atoms with Crippen molar-refractivity contribution in [2.45, 2.75) is 0 Å². The predicted molar refractivity (Wildman–Crippen MR) is 192 cm³/mol. The first kappa shape index (κ1) is 24.8. The lowest BCUT2D eigenvalue weighted by Gasteiger charge is -2.10. The molecule has 3 heterocycles. The molecule has 10 rings (SSSR count). The summed E-state index contributed by atoms with van der Waals surface area (Å²) in [6.45, 7) is 0. The maximum absolute atomic E-state index is 6.27. The molecule has 0 unspecified atom stereocenters. The van der Waals surface area contributed by atoms with Crippen LogP contribution in [0.5, 0.6) is 0 Å². The Morgan fingerprint density at radius 1 is 0.400 bits per heavy atom. The van der Waals surface area contributed by atoms with Crippen LogP contribution in [0.3, 0.4) is 0 Å². The van der Waals surface area contributed by atoms with E-state index in [0.29, 0.717) is 0 Å². The fourth-order valence-corrected chi connectivity index (χ4v) is 8.22. The molecule has 0 N–H and O–H groups in total. The largest absolute Gasteiger partial charge is 0.456 e. The van der Waals surface area contributed by atoms with E-state index in [4.69, 9.17) is 4.42 Å². The number of nitrogens with zero attached hydrogens (tertiary/aromatic N) is 1. The minimum Gasteiger partial charge on any atom is -0.456 e. The number of aromatic nitrogens is 1. The molecule has 0 atom stereocenters. The smallest absolute Gasteiger partial charge is 0.137 e. The molecule has 0 fully saturated rings. The zero-order valence-electron chi connectivity index (χ0n) is 24.2. The number of thiophene rings is 1. The summed E-state index contributed by atoms with van der Waals surface area (Å²) in [5.74, 6) is 0. The number of para-hydroxylation sites is 2. The lowest BCUT2D eigenvalue weighted by Crippen LogP contribution is -1.94. The van der Waals surface area contributed by atoms with Gasteiger partial charge >= 0.3 is 0 Å². The second kappa shape index (κ2) is 9.43. The van der Waals surface area contributed by atoms with Crippen LogP contribution in [0.2, 0.25) is 0 Å². The van der Waals surface area contributed by atoms with Crippen LogP contribution in [0.25, 0.3) is 91.9 Å². The van der Waals surface area contributed by atoms with Crippen molar-refractivity contribution in [2.75, 3.05) is 0 Å². The van der Waals surface area contributed by atoms with Crippen molar-refractivity contribution in [1.29, 1.82) is 0 Å². The van der Waals surface area contributed by atoms with Gasteiger partial charge in [0.2, 0.25) is 0 Å². The SMILES string of the molecule is c1cc(-c2ccc3sc4ccccc4c3c2)cc(-c2ccc3c(c2)c2ccccc2n3-c2cccc3oc4ccccc4c23)c1. The fourth-order valence-electron chi connectivity index (χ4n) is 7.14. The summed E-state index contributed by atoms with van der Waals surface area (Å²) in [7, 11) is 0. The molecule has 7 aromatic carbocycles. The van der Waals surface area contributed by atoms with E-state index >= 15 is 0 Å². The summed E-state index contributed by atoms with van der Waals surface area (Å²) in [6.07, 6.45) is 0. The first-order valence-corrected chi connectivity index (χ1v) is 16.1. The number of furan rings is 1. The topological polar surface area (TPSA) is 18.1 Å².